The van der Waals surface area contributed by atoms with Crippen molar-refractivity contribution >= 4 is 16.9 Å². The maximum atomic E-state index is 12.2. The van der Waals surface area contributed by atoms with Gasteiger partial charge in [-0.15, -0.1) is 0 Å². The van der Waals surface area contributed by atoms with Crippen molar-refractivity contribution in [1.82, 2.24) is 14.5 Å². The lowest BCUT2D eigenvalue weighted by molar-refractivity contribution is -0.129. The largest absolute Gasteiger partial charge is 0.383 e. The van der Waals surface area contributed by atoms with Gasteiger partial charge in [0, 0.05) is 38.6 Å². The second-order valence-electron chi connectivity index (χ2n) is 6.14. The fourth-order valence-corrected chi connectivity index (χ4v) is 3.23. The number of benzene rings is 1. The highest BCUT2D eigenvalue weighted by Gasteiger charge is 2.34. The van der Waals surface area contributed by atoms with Gasteiger partial charge < -0.3 is 14.2 Å². The van der Waals surface area contributed by atoms with Crippen LogP contribution < -0.4 is 0 Å². The van der Waals surface area contributed by atoms with Crippen molar-refractivity contribution in [3.05, 3.63) is 30.1 Å². The van der Waals surface area contributed by atoms with Crippen LogP contribution in [-0.2, 0) is 16.1 Å². The van der Waals surface area contributed by atoms with Gasteiger partial charge in [-0.1, -0.05) is 12.1 Å². The number of carbonyl (C=O) groups excluding carboxylic acids is 1. The van der Waals surface area contributed by atoms with E-state index in [1.807, 2.05) is 23.1 Å². The van der Waals surface area contributed by atoms with E-state index >= 15 is 0 Å². The van der Waals surface area contributed by atoms with Crippen molar-refractivity contribution in [3.8, 4) is 0 Å². The molecule has 1 aliphatic heterocycles. The Morgan fingerprint density at radius 1 is 1.36 bits per heavy atom. The van der Waals surface area contributed by atoms with Crippen LogP contribution in [0.25, 0.3) is 11.0 Å². The number of likely N-dealkylation sites (tertiary alicyclic amines) is 1. The summed E-state index contributed by atoms with van der Waals surface area (Å²) in [5, 5.41) is 0. The van der Waals surface area contributed by atoms with Gasteiger partial charge in [-0.2, -0.15) is 0 Å². The highest BCUT2D eigenvalue weighted by atomic mass is 16.5. The number of carbonyl (C=O) groups is 1. The Hall–Kier alpha value is -1.88. The molecule has 1 saturated heterocycles. The zero-order valence-electron chi connectivity index (χ0n) is 13.5. The molecule has 1 atom stereocenters. The van der Waals surface area contributed by atoms with Gasteiger partial charge >= 0.3 is 0 Å². The van der Waals surface area contributed by atoms with E-state index in [0.717, 1.165) is 29.9 Å². The lowest BCUT2D eigenvalue weighted by Crippen LogP contribution is -2.32. The van der Waals surface area contributed by atoms with Crippen molar-refractivity contribution < 1.29 is 9.53 Å². The summed E-state index contributed by atoms with van der Waals surface area (Å²) in [7, 11) is 1.71. The third-order valence-electron chi connectivity index (χ3n) is 4.35. The van der Waals surface area contributed by atoms with Crippen molar-refractivity contribution in [2.24, 2.45) is 0 Å². The summed E-state index contributed by atoms with van der Waals surface area (Å²) >= 11 is 0. The molecule has 3 rings (SSSR count). The first-order valence-corrected chi connectivity index (χ1v) is 7.85. The molecule has 2 aromatic rings. The van der Waals surface area contributed by atoms with Gasteiger partial charge in [0.05, 0.1) is 17.6 Å². The third kappa shape index (κ3) is 2.61. The summed E-state index contributed by atoms with van der Waals surface area (Å²) in [5.74, 6) is 1.40. The molecule has 1 aliphatic rings. The van der Waals surface area contributed by atoms with Gasteiger partial charge in [0.15, 0.2) is 0 Å². The Morgan fingerprint density at radius 3 is 2.82 bits per heavy atom. The summed E-state index contributed by atoms with van der Waals surface area (Å²) in [6.07, 6.45) is 0.550. The summed E-state index contributed by atoms with van der Waals surface area (Å²) in [6, 6.07) is 8.38. The first kappa shape index (κ1) is 15.0. The molecule has 118 valence electrons. The van der Waals surface area contributed by atoms with E-state index in [1.165, 1.54) is 0 Å². The molecule has 0 bridgehead atoms. The molecule has 1 aromatic heterocycles. The maximum Gasteiger partial charge on any atom is 0.223 e. The van der Waals surface area contributed by atoms with Crippen LogP contribution in [0, 0.1) is 0 Å². The van der Waals surface area contributed by atoms with E-state index in [-0.39, 0.29) is 17.9 Å². The molecule has 5 nitrogen and oxygen atoms in total. The average molecular weight is 301 g/mol. The highest BCUT2D eigenvalue weighted by Crippen LogP contribution is 2.31. The molecular weight excluding hydrogens is 278 g/mol. The first-order valence-electron chi connectivity index (χ1n) is 7.85. The zero-order valence-corrected chi connectivity index (χ0v) is 13.5. The lowest BCUT2D eigenvalue weighted by atomic mass is 10.1. The number of hydrogen-bond donors (Lipinski definition) is 0. The number of rotatable bonds is 5. The normalized spacial score (nSPS) is 18.8. The predicted molar refractivity (Wildman–Crippen MR) is 85.8 cm³/mol. The van der Waals surface area contributed by atoms with E-state index < -0.39 is 0 Å². The minimum absolute atomic E-state index is 0.166. The smallest absolute Gasteiger partial charge is 0.223 e. The summed E-state index contributed by atoms with van der Waals surface area (Å²) in [4.78, 5) is 19.0. The summed E-state index contributed by atoms with van der Waals surface area (Å²) in [6.45, 7) is 6.29. The molecule has 0 aliphatic carbocycles. The monoisotopic (exact) mass is 301 g/mol. The third-order valence-corrected chi connectivity index (χ3v) is 4.35. The van der Waals surface area contributed by atoms with Crippen molar-refractivity contribution in [2.45, 2.75) is 38.8 Å². The molecule has 0 unspecified atom stereocenters. The molecule has 1 aromatic carbocycles. The molecule has 22 heavy (non-hydrogen) atoms. The molecule has 2 heterocycles. The van der Waals surface area contributed by atoms with Crippen LogP contribution in [0.3, 0.4) is 0 Å². The minimum Gasteiger partial charge on any atom is -0.383 e. The fraction of sp³-hybridized carbons (Fsp3) is 0.529. The second-order valence-corrected chi connectivity index (χ2v) is 6.14. The molecule has 0 radical (unpaired) electrons. The number of ether oxygens (including phenoxy) is 1. The molecule has 0 N–H and O–H groups in total. The quantitative estimate of drug-likeness (QED) is 0.852. The Kier molecular flexibility index (Phi) is 4.16. The number of para-hydroxylation sites is 2. The van der Waals surface area contributed by atoms with Crippen molar-refractivity contribution in [2.75, 3.05) is 20.3 Å². The van der Waals surface area contributed by atoms with Gasteiger partial charge in [-0.05, 0) is 26.0 Å². The van der Waals surface area contributed by atoms with Crippen molar-refractivity contribution in [1.29, 1.82) is 0 Å². The number of nitrogens with zero attached hydrogens (tertiary/aromatic N) is 3. The standard InChI is InChI=1S/C17H23N3O2/c1-12(2)20-11-13(10-16(20)21)17-18-14-6-4-5-7-15(14)19(17)8-9-22-3/h4-7,12-13H,8-11H2,1-3H3/t13-/m1/s1. The van der Waals surface area contributed by atoms with Crippen LogP contribution in [-0.4, -0.2) is 46.7 Å². The highest BCUT2D eigenvalue weighted by molar-refractivity contribution is 5.81. The lowest BCUT2D eigenvalue weighted by Gasteiger charge is -2.21. The molecule has 5 heteroatoms. The van der Waals surface area contributed by atoms with Crippen LogP contribution in [0.2, 0.25) is 0 Å². The van der Waals surface area contributed by atoms with Crippen LogP contribution in [0.15, 0.2) is 24.3 Å². The van der Waals surface area contributed by atoms with Gasteiger partial charge in [-0.25, -0.2) is 4.98 Å². The molecule has 0 spiro atoms. The van der Waals surface area contributed by atoms with Crippen molar-refractivity contribution in [3.63, 3.8) is 0 Å². The van der Waals surface area contributed by atoms with Gasteiger partial charge in [0.25, 0.3) is 0 Å². The van der Waals surface area contributed by atoms with Crippen LogP contribution in [0.1, 0.15) is 32.0 Å². The molecule has 1 fully saturated rings. The number of methoxy groups -OCH3 is 1. The Labute approximate surface area is 130 Å². The fourth-order valence-electron chi connectivity index (χ4n) is 3.23. The Morgan fingerprint density at radius 2 is 2.14 bits per heavy atom. The minimum atomic E-state index is 0.166. The van der Waals surface area contributed by atoms with Gasteiger partial charge in [-0.3, -0.25) is 4.79 Å². The Balaban J connectivity index is 1.98. The topological polar surface area (TPSA) is 47.4 Å². The summed E-state index contributed by atoms with van der Waals surface area (Å²) < 4.78 is 7.45. The van der Waals surface area contributed by atoms with Gasteiger partial charge in [0.2, 0.25) is 5.91 Å². The van der Waals surface area contributed by atoms with Crippen LogP contribution >= 0.6 is 0 Å². The maximum absolute atomic E-state index is 12.2. The molecule has 0 saturated carbocycles. The Bertz CT molecular complexity index is 678. The predicted octanol–water partition coefficient (Wildman–Crippen LogP) is 2.41. The zero-order chi connectivity index (χ0) is 15.7. The average Bonchev–Trinajstić information content (AvgIpc) is 3.05. The number of amides is 1. The number of imidazole rings is 1. The van der Waals surface area contributed by atoms with Crippen LogP contribution in [0.4, 0.5) is 0 Å². The van der Waals surface area contributed by atoms with E-state index in [4.69, 9.17) is 9.72 Å². The first-order chi connectivity index (χ1) is 10.6. The number of fused-ring (bicyclic) bond motifs is 1. The van der Waals surface area contributed by atoms with E-state index in [1.54, 1.807) is 7.11 Å². The van der Waals surface area contributed by atoms with Crippen LogP contribution in [0.5, 0.6) is 0 Å². The number of aromatic nitrogens is 2. The van der Waals surface area contributed by atoms with E-state index in [0.29, 0.717) is 13.0 Å². The second kappa shape index (κ2) is 6.08. The molecule has 1 amide bonds. The van der Waals surface area contributed by atoms with E-state index in [9.17, 15) is 4.79 Å². The van der Waals surface area contributed by atoms with E-state index in [2.05, 4.69) is 24.5 Å². The summed E-state index contributed by atoms with van der Waals surface area (Å²) in [5.41, 5.74) is 2.11. The SMILES string of the molecule is COCCn1c([C@@H]2CC(=O)N(C(C)C)C2)nc2ccccc21. The number of hydrogen-bond acceptors (Lipinski definition) is 3. The van der Waals surface area contributed by atoms with Gasteiger partial charge in [0.1, 0.15) is 5.82 Å². The molecular formula is C17H23N3O2.